The number of thiazole rings is 1. The number of amides is 1. The molecule has 0 radical (unpaired) electrons. The van der Waals surface area contributed by atoms with Gasteiger partial charge in [-0.1, -0.05) is 42.5 Å². The van der Waals surface area contributed by atoms with Crippen molar-refractivity contribution in [1.29, 1.82) is 0 Å². The van der Waals surface area contributed by atoms with E-state index in [-0.39, 0.29) is 17.6 Å². The summed E-state index contributed by atoms with van der Waals surface area (Å²) in [7, 11) is 0. The van der Waals surface area contributed by atoms with Crippen molar-refractivity contribution < 1.29 is 14.3 Å². The lowest BCUT2D eigenvalue weighted by Gasteiger charge is -2.24. The summed E-state index contributed by atoms with van der Waals surface area (Å²) in [5.41, 5.74) is 2.49. The molecule has 1 atom stereocenters. The topological polar surface area (TPSA) is 81.0 Å². The maximum atomic E-state index is 14.0. The fourth-order valence-electron chi connectivity index (χ4n) is 4.57. The van der Waals surface area contributed by atoms with Crippen molar-refractivity contribution >= 4 is 45.8 Å². The van der Waals surface area contributed by atoms with Gasteiger partial charge in [0.05, 0.1) is 28.6 Å². The van der Waals surface area contributed by atoms with Gasteiger partial charge in [-0.25, -0.2) is 9.79 Å². The van der Waals surface area contributed by atoms with Gasteiger partial charge in [0.2, 0.25) is 0 Å². The highest BCUT2D eigenvalue weighted by Gasteiger charge is 2.37. The fraction of sp³-hybridized carbons (Fsp3) is 0.308. The fourth-order valence-corrected chi connectivity index (χ4v) is 6.53. The third-order valence-corrected chi connectivity index (χ3v) is 7.95. The minimum absolute atomic E-state index is 0.179. The summed E-state index contributed by atoms with van der Waals surface area (Å²) in [6, 6.07) is 10.7. The number of hydrogen-bond donors (Lipinski definition) is 0. The number of rotatable bonds is 5. The lowest BCUT2D eigenvalue weighted by atomic mass is 10.0. The van der Waals surface area contributed by atoms with Crippen molar-refractivity contribution in [1.82, 2.24) is 4.57 Å². The highest BCUT2D eigenvalue weighted by Crippen LogP contribution is 2.36. The Morgan fingerprint density at radius 1 is 1.17 bits per heavy atom. The van der Waals surface area contributed by atoms with E-state index in [1.54, 1.807) is 30.2 Å². The minimum atomic E-state index is -0.662. The van der Waals surface area contributed by atoms with Gasteiger partial charge in [0, 0.05) is 17.0 Å². The molecule has 0 fully saturated rings. The van der Waals surface area contributed by atoms with Crippen molar-refractivity contribution in [3.63, 3.8) is 0 Å². The first-order valence-corrected chi connectivity index (χ1v) is 13.2. The van der Waals surface area contributed by atoms with E-state index < -0.39 is 12.0 Å². The summed E-state index contributed by atoms with van der Waals surface area (Å²) in [5, 5.41) is 1.91. The predicted molar refractivity (Wildman–Crippen MR) is 137 cm³/mol. The Kier molecular flexibility index (Phi) is 6.06. The van der Waals surface area contributed by atoms with Gasteiger partial charge in [-0.05, 0) is 44.7 Å². The molecule has 2 aliphatic heterocycles. The van der Waals surface area contributed by atoms with Crippen LogP contribution in [-0.2, 0) is 14.3 Å². The summed E-state index contributed by atoms with van der Waals surface area (Å²) in [4.78, 5) is 48.3. The number of nitrogens with zero attached hydrogens (tertiary/aromatic N) is 3. The van der Waals surface area contributed by atoms with Crippen LogP contribution in [0.25, 0.3) is 5.57 Å². The molecule has 9 heteroatoms. The van der Waals surface area contributed by atoms with Gasteiger partial charge < -0.3 is 9.64 Å². The van der Waals surface area contributed by atoms with E-state index in [2.05, 4.69) is 4.99 Å². The molecular weight excluding hydrogens is 482 g/mol. The van der Waals surface area contributed by atoms with Crippen LogP contribution in [0.4, 0.5) is 5.69 Å². The van der Waals surface area contributed by atoms with Crippen LogP contribution in [0.15, 0.2) is 62.8 Å². The molecule has 1 amide bonds. The van der Waals surface area contributed by atoms with Gasteiger partial charge in [0.1, 0.15) is 10.6 Å². The van der Waals surface area contributed by atoms with Crippen LogP contribution in [0.3, 0.4) is 0 Å². The first kappa shape index (κ1) is 23.4. The van der Waals surface area contributed by atoms with Crippen LogP contribution >= 0.6 is 22.7 Å². The van der Waals surface area contributed by atoms with Gasteiger partial charge in [0.25, 0.3) is 11.5 Å². The van der Waals surface area contributed by atoms with E-state index in [4.69, 9.17) is 4.74 Å². The highest BCUT2D eigenvalue weighted by molar-refractivity contribution is 7.10. The number of carbonyl (C=O) groups is 2. The Balaban J connectivity index is 1.78. The van der Waals surface area contributed by atoms with E-state index in [0.717, 1.165) is 22.5 Å². The van der Waals surface area contributed by atoms with Crippen molar-refractivity contribution in [2.24, 2.45) is 4.99 Å². The van der Waals surface area contributed by atoms with Crippen molar-refractivity contribution in [2.75, 3.05) is 11.4 Å². The maximum Gasteiger partial charge on any atom is 0.338 e. The summed E-state index contributed by atoms with van der Waals surface area (Å²) >= 11 is 2.66. The monoisotopic (exact) mass is 507 g/mol. The summed E-state index contributed by atoms with van der Waals surface area (Å²) < 4.78 is 7.41. The third-order valence-electron chi connectivity index (χ3n) is 5.97. The van der Waals surface area contributed by atoms with Crippen LogP contribution < -0.4 is 19.8 Å². The molecule has 1 aromatic carbocycles. The normalized spacial score (nSPS) is 18.6. The van der Waals surface area contributed by atoms with Gasteiger partial charge in [0.15, 0.2) is 4.80 Å². The summed E-state index contributed by atoms with van der Waals surface area (Å²) in [6.45, 7) is 7.92. The zero-order valence-electron chi connectivity index (χ0n) is 19.9. The lowest BCUT2D eigenvalue weighted by Crippen LogP contribution is -2.41. The van der Waals surface area contributed by atoms with E-state index >= 15 is 0 Å². The molecule has 0 unspecified atom stereocenters. The van der Waals surface area contributed by atoms with Gasteiger partial charge in [-0.3, -0.25) is 14.2 Å². The lowest BCUT2D eigenvalue weighted by molar-refractivity contribution is -0.143. The second-order valence-corrected chi connectivity index (χ2v) is 10.7. The number of esters is 1. The number of para-hydroxylation sites is 1. The number of carbonyl (C=O) groups excluding carboxylic acids is 2. The predicted octanol–water partition coefficient (Wildman–Crippen LogP) is 3.38. The molecule has 0 saturated heterocycles. The molecule has 5 rings (SSSR count). The Bertz CT molecular complexity index is 1540. The number of ether oxygens (including phenoxy) is 1. The number of allylic oxidation sites excluding steroid dienone is 1. The zero-order valence-corrected chi connectivity index (χ0v) is 21.5. The smallest absolute Gasteiger partial charge is 0.338 e. The number of benzene rings is 1. The second kappa shape index (κ2) is 9.05. The molecule has 35 heavy (non-hydrogen) atoms. The number of fused-ring (bicyclic) bond motifs is 2. The number of anilines is 1. The van der Waals surface area contributed by atoms with Crippen molar-refractivity contribution in [2.45, 2.75) is 46.3 Å². The molecule has 2 aromatic heterocycles. The largest absolute Gasteiger partial charge is 0.459 e. The van der Waals surface area contributed by atoms with Crippen LogP contribution in [0.2, 0.25) is 0 Å². The van der Waals surface area contributed by atoms with Crippen LogP contribution in [-0.4, -0.2) is 29.1 Å². The van der Waals surface area contributed by atoms with Crippen molar-refractivity contribution in [3.05, 3.63) is 83.2 Å². The Labute approximate surface area is 210 Å². The Hall–Kier alpha value is -3.30. The minimum Gasteiger partial charge on any atom is -0.459 e. The average Bonchev–Trinajstić information content (AvgIpc) is 3.51. The van der Waals surface area contributed by atoms with Gasteiger partial charge >= 0.3 is 5.97 Å². The molecule has 3 aromatic rings. The summed E-state index contributed by atoms with van der Waals surface area (Å²) in [6.07, 6.45) is 0.490. The van der Waals surface area contributed by atoms with Crippen LogP contribution in [0, 0.1) is 0 Å². The Morgan fingerprint density at radius 2 is 1.94 bits per heavy atom. The molecule has 0 spiro atoms. The quantitative estimate of drug-likeness (QED) is 0.496. The Morgan fingerprint density at radius 3 is 2.63 bits per heavy atom. The molecule has 0 saturated carbocycles. The standard InChI is InChI=1S/C26H25N3O4S2/c1-5-12-28-17-10-7-6-9-16(17)20(23(28)30)22-24(31)29-21(18-11-8-13-34-18)19(25(32)33-14(2)3)15(4)27-26(29)35-22/h6-11,13-14,21H,5,12H2,1-4H3/b22-20-/t21-/m0/s1. The van der Waals surface area contributed by atoms with E-state index in [1.807, 2.05) is 48.7 Å². The SMILES string of the molecule is CCCN1C(=O)/C(=c2\sc3n(c2=O)[C@@H](c2cccs2)C(C(=O)OC(C)C)=C(C)N=3)c2ccccc21. The molecule has 0 bridgehead atoms. The van der Waals surface area contributed by atoms with Gasteiger partial charge in [-0.15, -0.1) is 11.3 Å². The average molecular weight is 508 g/mol. The maximum absolute atomic E-state index is 14.0. The molecular formula is C26H25N3O4S2. The zero-order chi connectivity index (χ0) is 24.9. The van der Waals surface area contributed by atoms with E-state index in [0.29, 0.717) is 32.7 Å². The first-order valence-electron chi connectivity index (χ1n) is 11.5. The molecule has 2 aliphatic rings. The van der Waals surface area contributed by atoms with Gasteiger partial charge in [-0.2, -0.15) is 0 Å². The highest BCUT2D eigenvalue weighted by atomic mass is 32.1. The van der Waals surface area contributed by atoms with Crippen molar-refractivity contribution in [3.8, 4) is 0 Å². The van der Waals surface area contributed by atoms with Crippen LogP contribution in [0.1, 0.15) is 50.6 Å². The number of thiophene rings is 1. The molecule has 0 N–H and O–H groups in total. The van der Waals surface area contributed by atoms with Crippen LogP contribution in [0.5, 0.6) is 0 Å². The molecule has 7 nitrogen and oxygen atoms in total. The summed E-state index contributed by atoms with van der Waals surface area (Å²) in [5.74, 6) is -0.671. The first-order chi connectivity index (χ1) is 16.8. The van der Waals surface area contributed by atoms with E-state index in [1.165, 1.54) is 22.7 Å². The molecule has 4 heterocycles. The number of aromatic nitrogens is 1. The van der Waals surface area contributed by atoms with E-state index in [9.17, 15) is 14.4 Å². The molecule has 0 aliphatic carbocycles. The second-order valence-electron chi connectivity index (χ2n) is 8.72. The third kappa shape index (κ3) is 3.79. The number of hydrogen-bond acceptors (Lipinski definition) is 7. The molecule has 180 valence electrons.